The van der Waals surface area contributed by atoms with Gasteiger partial charge < -0.3 is 9.73 Å². The second-order valence-corrected chi connectivity index (χ2v) is 4.73. The first-order valence-corrected chi connectivity index (χ1v) is 6.39. The molecule has 1 aromatic carbocycles. The van der Waals surface area contributed by atoms with Gasteiger partial charge >= 0.3 is 0 Å². The molecule has 0 radical (unpaired) electrons. The van der Waals surface area contributed by atoms with E-state index in [1.54, 1.807) is 0 Å². The van der Waals surface area contributed by atoms with E-state index in [-0.39, 0.29) is 0 Å². The zero-order chi connectivity index (χ0) is 13.2. The van der Waals surface area contributed by atoms with Gasteiger partial charge in [0.25, 0.3) is 0 Å². The van der Waals surface area contributed by atoms with Crippen LogP contribution in [0.4, 0.5) is 0 Å². The van der Waals surface area contributed by atoms with Gasteiger partial charge in [0.15, 0.2) is 0 Å². The van der Waals surface area contributed by atoms with Crippen LogP contribution < -0.4 is 5.32 Å². The molecule has 98 valence electrons. The standard InChI is InChI=1S/C15H17N3O/c1-11-13(9-17-18(11)2)8-16-10-14-7-12-5-3-4-6-15(12)19-14/h3-7,9,16H,8,10H2,1-2H3. The minimum atomic E-state index is 0.725. The molecule has 0 fully saturated rings. The Labute approximate surface area is 112 Å². The minimum absolute atomic E-state index is 0.725. The Balaban J connectivity index is 1.64. The lowest BCUT2D eigenvalue weighted by atomic mass is 10.2. The number of hydrogen-bond donors (Lipinski definition) is 1. The average Bonchev–Trinajstić information content (AvgIpc) is 2.96. The van der Waals surface area contributed by atoms with Gasteiger partial charge in [-0.25, -0.2) is 0 Å². The number of para-hydroxylation sites is 1. The summed E-state index contributed by atoms with van der Waals surface area (Å²) in [5.41, 5.74) is 3.35. The molecule has 4 heteroatoms. The normalized spacial score (nSPS) is 11.3. The predicted molar refractivity (Wildman–Crippen MR) is 74.7 cm³/mol. The molecule has 0 aliphatic rings. The molecule has 3 rings (SSSR count). The van der Waals surface area contributed by atoms with Crippen LogP contribution in [0.3, 0.4) is 0 Å². The Kier molecular flexibility index (Phi) is 3.09. The van der Waals surface area contributed by atoms with E-state index in [1.165, 1.54) is 11.3 Å². The van der Waals surface area contributed by atoms with E-state index >= 15 is 0 Å². The first kappa shape index (κ1) is 12.0. The summed E-state index contributed by atoms with van der Waals surface area (Å²) in [4.78, 5) is 0. The maximum absolute atomic E-state index is 5.76. The molecule has 0 saturated heterocycles. The Morgan fingerprint density at radius 2 is 2.11 bits per heavy atom. The summed E-state index contributed by atoms with van der Waals surface area (Å²) < 4.78 is 7.65. The van der Waals surface area contributed by atoms with Crippen LogP contribution in [0.2, 0.25) is 0 Å². The third kappa shape index (κ3) is 2.39. The van der Waals surface area contributed by atoms with Crippen molar-refractivity contribution in [3.05, 3.63) is 53.5 Å². The van der Waals surface area contributed by atoms with Crippen molar-refractivity contribution in [3.63, 3.8) is 0 Å². The summed E-state index contributed by atoms with van der Waals surface area (Å²) in [5.74, 6) is 0.961. The molecule has 4 nitrogen and oxygen atoms in total. The van der Waals surface area contributed by atoms with E-state index in [1.807, 2.05) is 36.1 Å². The van der Waals surface area contributed by atoms with Crippen molar-refractivity contribution < 1.29 is 4.42 Å². The van der Waals surface area contributed by atoms with E-state index in [0.29, 0.717) is 0 Å². The molecule has 0 bridgehead atoms. The molecule has 0 unspecified atom stereocenters. The molecule has 0 spiro atoms. The van der Waals surface area contributed by atoms with Crippen molar-refractivity contribution in [3.8, 4) is 0 Å². The summed E-state index contributed by atoms with van der Waals surface area (Å²) in [6.45, 7) is 3.60. The van der Waals surface area contributed by atoms with E-state index < -0.39 is 0 Å². The van der Waals surface area contributed by atoms with Crippen LogP contribution in [0.15, 0.2) is 40.9 Å². The number of furan rings is 1. The van der Waals surface area contributed by atoms with Gasteiger partial charge in [-0.2, -0.15) is 5.10 Å². The highest BCUT2D eigenvalue weighted by Crippen LogP contribution is 2.18. The molecule has 0 aliphatic heterocycles. The van der Waals surface area contributed by atoms with Crippen molar-refractivity contribution in [2.24, 2.45) is 7.05 Å². The van der Waals surface area contributed by atoms with Crippen molar-refractivity contribution in [2.45, 2.75) is 20.0 Å². The average molecular weight is 255 g/mol. The second kappa shape index (κ2) is 4.90. The number of benzene rings is 1. The third-order valence-corrected chi connectivity index (χ3v) is 3.43. The number of nitrogens with one attached hydrogen (secondary N) is 1. The molecule has 0 atom stereocenters. The fraction of sp³-hybridized carbons (Fsp3) is 0.267. The Morgan fingerprint density at radius 3 is 2.84 bits per heavy atom. The van der Waals surface area contributed by atoms with Crippen LogP contribution in [0.25, 0.3) is 11.0 Å². The first-order chi connectivity index (χ1) is 9.24. The van der Waals surface area contributed by atoms with Crippen LogP contribution in [0, 0.1) is 6.92 Å². The molecule has 0 saturated carbocycles. The van der Waals surface area contributed by atoms with Gasteiger partial charge in [0.2, 0.25) is 0 Å². The maximum Gasteiger partial charge on any atom is 0.134 e. The van der Waals surface area contributed by atoms with Gasteiger partial charge in [-0.3, -0.25) is 4.68 Å². The predicted octanol–water partition coefficient (Wildman–Crippen LogP) is 2.76. The third-order valence-electron chi connectivity index (χ3n) is 3.43. The van der Waals surface area contributed by atoms with Gasteiger partial charge in [-0.05, 0) is 19.1 Å². The number of nitrogens with zero attached hydrogens (tertiary/aromatic N) is 2. The van der Waals surface area contributed by atoms with E-state index in [9.17, 15) is 0 Å². The topological polar surface area (TPSA) is 43.0 Å². The van der Waals surface area contributed by atoms with E-state index in [2.05, 4.69) is 29.5 Å². The van der Waals surface area contributed by atoms with Gasteiger partial charge in [-0.15, -0.1) is 0 Å². The molecule has 0 amide bonds. The summed E-state index contributed by atoms with van der Waals surface area (Å²) >= 11 is 0. The Bertz CT molecular complexity index is 663. The molecule has 0 aliphatic carbocycles. The molecule has 3 aromatic rings. The van der Waals surface area contributed by atoms with Crippen molar-refractivity contribution in [2.75, 3.05) is 0 Å². The van der Waals surface area contributed by atoms with Gasteiger partial charge in [0, 0.05) is 30.2 Å². The van der Waals surface area contributed by atoms with Crippen LogP contribution in [-0.2, 0) is 20.1 Å². The number of aryl methyl sites for hydroxylation is 1. The smallest absolute Gasteiger partial charge is 0.134 e. The highest BCUT2D eigenvalue weighted by molar-refractivity contribution is 5.77. The Hall–Kier alpha value is -2.07. The lowest BCUT2D eigenvalue weighted by Gasteiger charge is -2.02. The molecule has 1 N–H and O–H groups in total. The fourth-order valence-electron chi connectivity index (χ4n) is 2.16. The largest absolute Gasteiger partial charge is 0.460 e. The minimum Gasteiger partial charge on any atom is -0.460 e. The zero-order valence-electron chi connectivity index (χ0n) is 11.2. The first-order valence-electron chi connectivity index (χ1n) is 6.39. The number of hydrogen-bond acceptors (Lipinski definition) is 3. The monoisotopic (exact) mass is 255 g/mol. The summed E-state index contributed by atoms with van der Waals surface area (Å²) in [6, 6.07) is 10.1. The van der Waals surface area contributed by atoms with Crippen molar-refractivity contribution in [1.29, 1.82) is 0 Å². The van der Waals surface area contributed by atoms with Gasteiger partial charge in [0.1, 0.15) is 11.3 Å². The summed E-state index contributed by atoms with van der Waals surface area (Å²) in [6.07, 6.45) is 1.90. The molecular formula is C15H17N3O. The number of aromatic nitrogens is 2. The Morgan fingerprint density at radius 1 is 1.26 bits per heavy atom. The highest BCUT2D eigenvalue weighted by Gasteiger charge is 2.05. The molecule has 19 heavy (non-hydrogen) atoms. The lowest BCUT2D eigenvalue weighted by Crippen LogP contribution is -2.12. The number of fused-ring (bicyclic) bond motifs is 1. The van der Waals surface area contributed by atoms with E-state index in [0.717, 1.165) is 29.8 Å². The summed E-state index contributed by atoms with van der Waals surface area (Å²) in [5, 5.41) is 8.77. The van der Waals surface area contributed by atoms with Crippen LogP contribution in [-0.4, -0.2) is 9.78 Å². The van der Waals surface area contributed by atoms with Crippen LogP contribution >= 0.6 is 0 Å². The van der Waals surface area contributed by atoms with Gasteiger partial charge in [-0.1, -0.05) is 18.2 Å². The summed E-state index contributed by atoms with van der Waals surface area (Å²) in [7, 11) is 1.96. The fourth-order valence-corrected chi connectivity index (χ4v) is 2.16. The molecule has 2 heterocycles. The van der Waals surface area contributed by atoms with Crippen molar-refractivity contribution >= 4 is 11.0 Å². The number of rotatable bonds is 4. The zero-order valence-corrected chi connectivity index (χ0v) is 11.2. The maximum atomic E-state index is 5.76. The van der Waals surface area contributed by atoms with Gasteiger partial charge in [0.05, 0.1) is 12.7 Å². The van der Waals surface area contributed by atoms with E-state index in [4.69, 9.17) is 4.42 Å². The molecular weight excluding hydrogens is 238 g/mol. The SMILES string of the molecule is Cc1c(CNCc2cc3ccccc3o2)cnn1C. The van der Waals surface area contributed by atoms with Crippen molar-refractivity contribution in [1.82, 2.24) is 15.1 Å². The van der Waals surface area contributed by atoms with Crippen LogP contribution in [0.1, 0.15) is 17.0 Å². The van der Waals surface area contributed by atoms with Crippen LogP contribution in [0.5, 0.6) is 0 Å². The molecule has 2 aromatic heterocycles. The second-order valence-electron chi connectivity index (χ2n) is 4.73. The quantitative estimate of drug-likeness (QED) is 0.779. The highest BCUT2D eigenvalue weighted by atomic mass is 16.3. The lowest BCUT2D eigenvalue weighted by molar-refractivity contribution is 0.513.